The Hall–Kier alpha value is -1.56. The molecule has 0 spiro atoms. The van der Waals surface area contributed by atoms with Gasteiger partial charge in [0.05, 0.1) is 25.7 Å². The highest BCUT2D eigenvalue weighted by Gasteiger charge is 2.14. The molecule has 0 aliphatic heterocycles. The van der Waals surface area contributed by atoms with Crippen LogP contribution in [0.5, 0.6) is 0 Å². The Balaban J connectivity index is 2.20. The number of benzene rings is 2. The van der Waals surface area contributed by atoms with E-state index >= 15 is 0 Å². The maximum atomic E-state index is 13.1. The Morgan fingerprint density at radius 3 is 2.24 bits per heavy atom. The quantitative estimate of drug-likeness (QED) is 0.601. The van der Waals surface area contributed by atoms with Crippen molar-refractivity contribution in [2.24, 2.45) is 0 Å². The molecule has 1 N–H and O–H groups in total. The van der Waals surface area contributed by atoms with Crippen molar-refractivity contribution in [1.82, 2.24) is 0 Å². The number of anilines is 1. The highest BCUT2D eigenvalue weighted by Crippen LogP contribution is 2.35. The van der Waals surface area contributed by atoms with E-state index in [0.29, 0.717) is 11.3 Å². The van der Waals surface area contributed by atoms with Crippen molar-refractivity contribution < 1.29 is 9.31 Å². The van der Waals surface area contributed by atoms with Crippen molar-refractivity contribution >= 4 is 46.2 Å². The van der Waals surface area contributed by atoms with Gasteiger partial charge >= 0.3 is 0 Å². The van der Waals surface area contributed by atoms with E-state index in [0.717, 1.165) is 0 Å². The van der Waals surface area contributed by atoms with E-state index in [2.05, 4.69) is 5.32 Å². The fraction of sp³-hybridized carbons (Fsp3) is 0.0769. The first-order valence-electron chi connectivity index (χ1n) is 5.69. The summed E-state index contributed by atoms with van der Waals surface area (Å²) in [6.45, 7) is 0.289. The van der Waals surface area contributed by atoms with Gasteiger partial charge in [-0.2, -0.15) is 0 Å². The van der Waals surface area contributed by atoms with Gasteiger partial charge in [-0.25, -0.2) is 4.39 Å². The molecule has 110 valence electrons. The summed E-state index contributed by atoms with van der Waals surface area (Å²) in [4.78, 5) is 10.1. The summed E-state index contributed by atoms with van der Waals surface area (Å²) in [7, 11) is 0. The summed E-state index contributed by atoms with van der Waals surface area (Å²) < 4.78 is 13.1. The van der Waals surface area contributed by atoms with Crippen LogP contribution >= 0.6 is 34.8 Å². The molecule has 0 heterocycles. The lowest BCUT2D eigenvalue weighted by Gasteiger charge is -2.11. The summed E-state index contributed by atoms with van der Waals surface area (Å²) in [6.07, 6.45) is 0. The summed E-state index contributed by atoms with van der Waals surface area (Å²) in [6, 6.07) is 6.68. The summed E-state index contributed by atoms with van der Waals surface area (Å²) in [5.74, 6) is -0.508. The molecule has 0 aromatic heterocycles. The molecule has 21 heavy (non-hydrogen) atoms. The molecule has 0 saturated carbocycles. The molecular formula is C13H8Cl3FN2O2. The second-order valence-corrected chi connectivity index (χ2v) is 5.37. The molecule has 4 nitrogen and oxygen atoms in total. The molecule has 8 heteroatoms. The first-order chi connectivity index (χ1) is 9.88. The topological polar surface area (TPSA) is 55.2 Å². The fourth-order valence-corrected chi connectivity index (χ4v) is 2.49. The van der Waals surface area contributed by atoms with Crippen molar-refractivity contribution in [2.75, 3.05) is 5.32 Å². The number of halogens is 4. The number of nitrogens with one attached hydrogen (secondary N) is 1. The molecule has 0 unspecified atom stereocenters. The van der Waals surface area contributed by atoms with E-state index < -0.39 is 10.7 Å². The number of nitro groups is 1. The smallest absolute Gasteiger partial charge is 0.272 e. The first-order valence-corrected chi connectivity index (χ1v) is 6.83. The monoisotopic (exact) mass is 348 g/mol. The van der Waals surface area contributed by atoms with Gasteiger partial charge in [0, 0.05) is 18.7 Å². The number of nitrogens with zero attached hydrogens (tertiary/aromatic N) is 1. The summed E-state index contributed by atoms with van der Waals surface area (Å²) >= 11 is 17.6. The second kappa shape index (κ2) is 6.47. The number of nitro benzene ring substituents is 1. The first kappa shape index (κ1) is 15.8. The number of hydrogen-bond donors (Lipinski definition) is 1. The van der Waals surface area contributed by atoms with Crippen LogP contribution < -0.4 is 5.32 Å². The molecule has 0 atom stereocenters. The van der Waals surface area contributed by atoms with Gasteiger partial charge in [0.1, 0.15) is 5.82 Å². The van der Waals surface area contributed by atoms with Gasteiger partial charge in [-0.05, 0) is 17.7 Å². The van der Waals surface area contributed by atoms with Crippen LogP contribution in [0.3, 0.4) is 0 Å². The lowest BCUT2D eigenvalue weighted by atomic mass is 10.2. The molecule has 0 amide bonds. The standard InChI is InChI=1S/C13H8Cl3FN2O2/c14-9-3-7(1-2-12(9)17)6-18-13-10(15)4-8(19(20)21)5-11(13)16/h1-5,18H,6H2. The van der Waals surface area contributed by atoms with Crippen molar-refractivity contribution in [1.29, 1.82) is 0 Å². The molecular weight excluding hydrogens is 342 g/mol. The van der Waals surface area contributed by atoms with Gasteiger partial charge in [-0.3, -0.25) is 10.1 Å². The van der Waals surface area contributed by atoms with Crippen LogP contribution in [0.1, 0.15) is 5.56 Å². The van der Waals surface area contributed by atoms with E-state index in [1.165, 1.54) is 24.3 Å². The van der Waals surface area contributed by atoms with E-state index in [-0.39, 0.29) is 27.3 Å². The van der Waals surface area contributed by atoms with Crippen LogP contribution in [0.4, 0.5) is 15.8 Å². The zero-order valence-corrected chi connectivity index (χ0v) is 12.6. The van der Waals surface area contributed by atoms with Crippen molar-refractivity contribution in [3.05, 3.63) is 66.9 Å². The zero-order chi connectivity index (χ0) is 15.6. The molecule has 0 radical (unpaired) electrons. The Bertz CT molecular complexity index is 687. The third-order valence-corrected chi connectivity index (χ3v) is 3.58. The fourth-order valence-electron chi connectivity index (χ4n) is 1.67. The van der Waals surface area contributed by atoms with Crippen LogP contribution in [-0.2, 0) is 6.54 Å². The van der Waals surface area contributed by atoms with E-state index in [4.69, 9.17) is 34.8 Å². The average molecular weight is 350 g/mol. The predicted molar refractivity (Wildman–Crippen MR) is 81.9 cm³/mol. The number of rotatable bonds is 4. The van der Waals surface area contributed by atoms with Gasteiger partial charge in [-0.1, -0.05) is 40.9 Å². The second-order valence-electron chi connectivity index (χ2n) is 4.14. The molecule has 0 aliphatic carbocycles. The van der Waals surface area contributed by atoms with Crippen LogP contribution in [0.25, 0.3) is 0 Å². The minimum atomic E-state index is -0.582. The lowest BCUT2D eigenvalue weighted by molar-refractivity contribution is -0.384. The molecule has 2 aromatic rings. The molecule has 0 saturated heterocycles. The molecule has 2 rings (SSSR count). The molecule has 0 fully saturated rings. The lowest BCUT2D eigenvalue weighted by Crippen LogP contribution is -2.01. The maximum absolute atomic E-state index is 13.1. The van der Waals surface area contributed by atoms with Gasteiger partial charge in [-0.15, -0.1) is 0 Å². The minimum Gasteiger partial charge on any atom is -0.379 e. The van der Waals surface area contributed by atoms with Crippen LogP contribution in [0.2, 0.25) is 15.1 Å². The van der Waals surface area contributed by atoms with Gasteiger partial charge in [0.25, 0.3) is 5.69 Å². The summed E-state index contributed by atoms with van der Waals surface area (Å²) in [5.41, 5.74) is 0.886. The third-order valence-electron chi connectivity index (χ3n) is 2.69. The van der Waals surface area contributed by atoms with Gasteiger partial charge in [0.15, 0.2) is 0 Å². The van der Waals surface area contributed by atoms with Gasteiger partial charge in [0.2, 0.25) is 0 Å². The Kier molecular flexibility index (Phi) is 4.88. The average Bonchev–Trinajstić information content (AvgIpc) is 2.41. The third kappa shape index (κ3) is 3.75. The minimum absolute atomic E-state index is 0.00944. The van der Waals surface area contributed by atoms with Crippen LogP contribution in [-0.4, -0.2) is 4.92 Å². The zero-order valence-electron chi connectivity index (χ0n) is 10.4. The highest BCUT2D eigenvalue weighted by molar-refractivity contribution is 6.39. The van der Waals surface area contributed by atoms with E-state index in [1.807, 2.05) is 0 Å². The molecule has 2 aromatic carbocycles. The molecule has 0 bridgehead atoms. The van der Waals surface area contributed by atoms with Crippen molar-refractivity contribution in [3.8, 4) is 0 Å². The highest BCUT2D eigenvalue weighted by atomic mass is 35.5. The number of non-ortho nitro benzene ring substituents is 1. The largest absolute Gasteiger partial charge is 0.379 e. The van der Waals surface area contributed by atoms with Crippen molar-refractivity contribution in [2.45, 2.75) is 6.54 Å². The van der Waals surface area contributed by atoms with Crippen LogP contribution in [0, 0.1) is 15.9 Å². The Morgan fingerprint density at radius 2 is 1.71 bits per heavy atom. The normalized spacial score (nSPS) is 10.5. The Labute approximate surface area is 134 Å². The number of hydrogen-bond acceptors (Lipinski definition) is 3. The Morgan fingerprint density at radius 1 is 1.10 bits per heavy atom. The SMILES string of the molecule is O=[N+]([O-])c1cc(Cl)c(NCc2ccc(F)c(Cl)c2)c(Cl)c1. The van der Waals surface area contributed by atoms with Crippen LogP contribution in [0.15, 0.2) is 30.3 Å². The van der Waals surface area contributed by atoms with E-state index in [9.17, 15) is 14.5 Å². The maximum Gasteiger partial charge on any atom is 0.272 e. The van der Waals surface area contributed by atoms with E-state index in [1.54, 1.807) is 6.07 Å². The van der Waals surface area contributed by atoms with Gasteiger partial charge < -0.3 is 5.32 Å². The summed E-state index contributed by atoms with van der Waals surface area (Å²) in [5, 5.41) is 13.9. The predicted octanol–water partition coefficient (Wildman–Crippen LogP) is 5.31. The molecule has 0 aliphatic rings. The van der Waals surface area contributed by atoms with Crippen molar-refractivity contribution in [3.63, 3.8) is 0 Å².